The molecule has 0 saturated carbocycles. The average molecular weight is 304 g/mol. The minimum absolute atomic E-state index is 0.258. The van der Waals surface area contributed by atoms with Gasteiger partial charge < -0.3 is 15.0 Å². The number of carbonyl (C=O) groups excluding carboxylic acids is 1. The maximum absolute atomic E-state index is 12.0. The lowest BCUT2D eigenvalue weighted by atomic mass is 10.1. The molecule has 0 bridgehead atoms. The molecule has 5 nitrogen and oxygen atoms in total. The van der Waals surface area contributed by atoms with Crippen LogP contribution in [0, 0.1) is 0 Å². The Kier molecular flexibility index (Phi) is 6.95. The van der Waals surface area contributed by atoms with E-state index >= 15 is 0 Å². The van der Waals surface area contributed by atoms with Gasteiger partial charge in [-0.25, -0.2) is 4.79 Å². The van der Waals surface area contributed by atoms with Gasteiger partial charge in [-0.15, -0.1) is 0 Å². The molecule has 0 aromatic carbocycles. The maximum atomic E-state index is 12.0. The largest absolute Gasteiger partial charge is 0.444 e. The molecule has 1 amide bonds. The van der Waals surface area contributed by atoms with Crippen molar-refractivity contribution in [2.24, 2.45) is 0 Å². The van der Waals surface area contributed by atoms with Gasteiger partial charge in [0.2, 0.25) is 0 Å². The fourth-order valence-corrected chi connectivity index (χ4v) is 3.41. The molecule has 0 aromatic rings. The van der Waals surface area contributed by atoms with Gasteiger partial charge in [0, 0.05) is 48.0 Å². The molecule has 0 atom stereocenters. The average Bonchev–Trinajstić information content (AvgIpc) is 2.34. The Labute approximate surface area is 124 Å². The minimum Gasteiger partial charge on any atom is -0.444 e. The molecule has 1 aliphatic rings. The summed E-state index contributed by atoms with van der Waals surface area (Å²) < 4.78 is 16.6. The van der Waals surface area contributed by atoms with Crippen LogP contribution < -0.4 is 5.32 Å². The molecule has 1 heterocycles. The molecular formula is C14H28N2O3S. The Morgan fingerprint density at radius 3 is 2.45 bits per heavy atom. The monoisotopic (exact) mass is 304 g/mol. The number of amides is 1. The van der Waals surface area contributed by atoms with E-state index < -0.39 is 16.4 Å². The van der Waals surface area contributed by atoms with E-state index in [1.165, 1.54) is 0 Å². The molecule has 20 heavy (non-hydrogen) atoms. The summed E-state index contributed by atoms with van der Waals surface area (Å²) in [5.41, 5.74) is -0.453. The highest BCUT2D eigenvalue weighted by molar-refractivity contribution is 7.85. The highest BCUT2D eigenvalue weighted by Crippen LogP contribution is 2.10. The Balaban J connectivity index is 2.27. The van der Waals surface area contributed by atoms with E-state index in [9.17, 15) is 9.00 Å². The van der Waals surface area contributed by atoms with Gasteiger partial charge >= 0.3 is 6.09 Å². The molecule has 1 fully saturated rings. The van der Waals surface area contributed by atoms with Crippen LogP contribution in [0.1, 0.15) is 40.5 Å². The number of rotatable bonds is 5. The van der Waals surface area contributed by atoms with Gasteiger partial charge in [0.05, 0.1) is 0 Å². The van der Waals surface area contributed by atoms with Crippen LogP contribution in [-0.4, -0.2) is 58.0 Å². The number of nitrogens with one attached hydrogen (secondary N) is 1. The van der Waals surface area contributed by atoms with Crippen LogP contribution in [0.5, 0.6) is 0 Å². The lowest BCUT2D eigenvalue weighted by Crippen LogP contribution is -2.43. The summed E-state index contributed by atoms with van der Waals surface area (Å²) in [5.74, 6) is 1.59. The molecule has 0 aromatic heterocycles. The van der Waals surface area contributed by atoms with E-state index in [0.717, 1.165) is 30.9 Å². The first-order valence-electron chi connectivity index (χ1n) is 7.38. The van der Waals surface area contributed by atoms with Crippen LogP contribution in [-0.2, 0) is 15.5 Å². The van der Waals surface area contributed by atoms with E-state index in [-0.39, 0.29) is 6.09 Å². The summed E-state index contributed by atoms with van der Waals surface area (Å²) in [6.45, 7) is 9.62. The van der Waals surface area contributed by atoms with Crippen molar-refractivity contribution in [2.75, 3.05) is 31.1 Å². The summed E-state index contributed by atoms with van der Waals surface area (Å²) in [7, 11) is -0.620. The minimum atomic E-state index is -0.620. The van der Waals surface area contributed by atoms with Crippen molar-refractivity contribution in [3.63, 3.8) is 0 Å². The van der Waals surface area contributed by atoms with Gasteiger partial charge in [-0.2, -0.15) is 0 Å². The maximum Gasteiger partial charge on any atom is 0.410 e. The first-order chi connectivity index (χ1) is 9.31. The van der Waals surface area contributed by atoms with E-state index in [0.29, 0.717) is 19.1 Å². The zero-order valence-corrected chi connectivity index (χ0v) is 13.9. The Morgan fingerprint density at radius 2 is 1.95 bits per heavy atom. The third-order valence-electron chi connectivity index (χ3n) is 3.24. The second-order valence-electron chi connectivity index (χ2n) is 6.14. The van der Waals surface area contributed by atoms with Crippen molar-refractivity contribution in [3.05, 3.63) is 0 Å². The number of hydrogen-bond acceptors (Lipinski definition) is 4. The Hall–Kier alpha value is -0.620. The van der Waals surface area contributed by atoms with Crippen LogP contribution >= 0.6 is 0 Å². The fourth-order valence-electron chi connectivity index (χ4n) is 2.11. The Bertz CT molecular complexity index is 332. The number of likely N-dealkylation sites (N-methyl/N-ethyl adjacent to an activating group) is 1. The van der Waals surface area contributed by atoms with E-state index in [1.807, 2.05) is 27.7 Å². The number of hydrogen-bond donors (Lipinski definition) is 1. The molecule has 1 rings (SSSR count). The molecule has 6 heteroatoms. The van der Waals surface area contributed by atoms with Crippen molar-refractivity contribution >= 4 is 16.9 Å². The number of nitrogens with zero attached hydrogens (tertiary/aromatic N) is 1. The van der Waals surface area contributed by atoms with Crippen LogP contribution in [0.25, 0.3) is 0 Å². The predicted molar refractivity (Wildman–Crippen MR) is 82.4 cm³/mol. The van der Waals surface area contributed by atoms with Gasteiger partial charge in [-0.05, 0) is 40.5 Å². The SMILES string of the molecule is CCN(CCNC1CCS(=O)CC1)C(=O)OC(C)(C)C. The van der Waals surface area contributed by atoms with Crippen LogP contribution in [0.2, 0.25) is 0 Å². The topological polar surface area (TPSA) is 58.6 Å². The molecular weight excluding hydrogens is 276 g/mol. The van der Waals surface area contributed by atoms with Gasteiger partial charge in [-0.3, -0.25) is 4.21 Å². The van der Waals surface area contributed by atoms with Crippen molar-refractivity contribution in [3.8, 4) is 0 Å². The smallest absolute Gasteiger partial charge is 0.410 e. The highest BCUT2D eigenvalue weighted by atomic mass is 32.2. The lowest BCUT2D eigenvalue weighted by Gasteiger charge is -2.28. The van der Waals surface area contributed by atoms with Gasteiger partial charge in [0.25, 0.3) is 0 Å². The van der Waals surface area contributed by atoms with Crippen molar-refractivity contribution in [1.82, 2.24) is 10.2 Å². The van der Waals surface area contributed by atoms with Crippen molar-refractivity contribution in [1.29, 1.82) is 0 Å². The second-order valence-corrected chi connectivity index (χ2v) is 7.83. The molecule has 1 saturated heterocycles. The summed E-state index contributed by atoms with van der Waals surface area (Å²) >= 11 is 0. The zero-order valence-electron chi connectivity index (χ0n) is 13.1. The summed E-state index contributed by atoms with van der Waals surface area (Å²) in [4.78, 5) is 13.7. The van der Waals surface area contributed by atoms with Crippen molar-refractivity contribution in [2.45, 2.75) is 52.2 Å². The van der Waals surface area contributed by atoms with E-state index in [2.05, 4.69) is 5.32 Å². The molecule has 1 aliphatic heterocycles. The van der Waals surface area contributed by atoms with Crippen LogP contribution in [0.3, 0.4) is 0 Å². The van der Waals surface area contributed by atoms with E-state index in [1.54, 1.807) is 4.90 Å². The van der Waals surface area contributed by atoms with Gasteiger partial charge in [0.1, 0.15) is 5.60 Å². The lowest BCUT2D eigenvalue weighted by molar-refractivity contribution is 0.0261. The molecule has 118 valence electrons. The van der Waals surface area contributed by atoms with Crippen molar-refractivity contribution < 1.29 is 13.7 Å². The van der Waals surface area contributed by atoms with Crippen LogP contribution in [0.15, 0.2) is 0 Å². The normalized spacial score (nSPS) is 23.4. The second kappa shape index (κ2) is 7.98. The summed E-state index contributed by atoms with van der Waals surface area (Å²) in [5, 5.41) is 3.44. The molecule has 0 unspecified atom stereocenters. The van der Waals surface area contributed by atoms with Gasteiger partial charge in [-0.1, -0.05) is 0 Å². The quantitative estimate of drug-likeness (QED) is 0.840. The van der Waals surface area contributed by atoms with E-state index in [4.69, 9.17) is 4.74 Å². The first-order valence-corrected chi connectivity index (χ1v) is 8.87. The molecule has 1 N–H and O–H groups in total. The number of carbonyl (C=O) groups is 1. The molecule has 0 radical (unpaired) electrons. The molecule has 0 aliphatic carbocycles. The Morgan fingerprint density at radius 1 is 1.35 bits per heavy atom. The standard InChI is InChI=1S/C14H28N2O3S/c1-5-16(13(17)19-14(2,3)4)9-8-15-12-6-10-20(18)11-7-12/h12,15H,5-11H2,1-4H3. The third kappa shape index (κ3) is 6.70. The number of ether oxygens (including phenoxy) is 1. The van der Waals surface area contributed by atoms with Crippen LogP contribution in [0.4, 0.5) is 4.79 Å². The fraction of sp³-hybridized carbons (Fsp3) is 0.929. The predicted octanol–water partition coefficient (Wildman–Crippen LogP) is 1.74. The third-order valence-corrected chi connectivity index (χ3v) is 4.62. The van der Waals surface area contributed by atoms with Gasteiger partial charge in [0.15, 0.2) is 0 Å². The summed E-state index contributed by atoms with van der Waals surface area (Å²) in [6.07, 6.45) is 1.67. The molecule has 0 spiro atoms. The zero-order chi connectivity index (χ0) is 15.2. The summed E-state index contributed by atoms with van der Waals surface area (Å²) in [6, 6.07) is 0.435. The highest BCUT2D eigenvalue weighted by Gasteiger charge is 2.21. The first kappa shape index (κ1) is 17.4.